The molecule has 0 fully saturated rings. The van der Waals surface area contributed by atoms with Crippen LogP contribution in [0.25, 0.3) is 0 Å². The number of rotatable bonds is 7. The molecule has 0 atom stereocenters. The lowest BCUT2D eigenvalue weighted by Gasteiger charge is -2.11. The smallest absolute Gasteiger partial charge is 0.121 e. The molecular formula is C13H21NO2. The second kappa shape index (κ2) is 7.12. The second-order valence-corrected chi connectivity index (χ2v) is 3.97. The zero-order valence-corrected chi connectivity index (χ0v) is 10.3. The zero-order valence-electron chi connectivity index (χ0n) is 10.3. The minimum Gasteiger partial charge on any atom is -0.491 e. The van der Waals surface area contributed by atoms with Crippen LogP contribution < -0.4 is 10.1 Å². The maximum absolute atomic E-state index is 5.62. The summed E-state index contributed by atoms with van der Waals surface area (Å²) in [5, 5.41) is 3.33. The third kappa shape index (κ3) is 5.03. The molecule has 0 saturated carbocycles. The Kier molecular flexibility index (Phi) is 5.72. The monoisotopic (exact) mass is 223 g/mol. The summed E-state index contributed by atoms with van der Waals surface area (Å²) in [4.78, 5) is 0. The van der Waals surface area contributed by atoms with Gasteiger partial charge < -0.3 is 14.8 Å². The fraction of sp³-hybridized carbons (Fsp3) is 0.538. The average molecular weight is 223 g/mol. The van der Waals surface area contributed by atoms with E-state index in [0.29, 0.717) is 0 Å². The molecule has 0 spiro atoms. The third-order valence-electron chi connectivity index (χ3n) is 2.06. The van der Waals surface area contributed by atoms with Gasteiger partial charge in [-0.05, 0) is 32.4 Å². The molecule has 0 bridgehead atoms. The summed E-state index contributed by atoms with van der Waals surface area (Å²) in [6, 6.07) is 8.03. The normalized spacial score (nSPS) is 10.5. The zero-order chi connectivity index (χ0) is 11.8. The Morgan fingerprint density at radius 2 is 2.12 bits per heavy atom. The quantitative estimate of drug-likeness (QED) is 0.721. The molecular weight excluding hydrogens is 202 g/mol. The molecule has 16 heavy (non-hydrogen) atoms. The number of anilines is 1. The first kappa shape index (κ1) is 12.8. The van der Waals surface area contributed by atoms with Crippen LogP contribution in [0.2, 0.25) is 0 Å². The van der Waals surface area contributed by atoms with Crippen LogP contribution >= 0.6 is 0 Å². The van der Waals surface area contributed by atoms with Crippen molar-refractivity contribution < 1.29 is 9.47 Å². The lowest BCUT2D eigenvalue weighted by molar-refractivity contribution is 0.198. The van der Waals surface area contributed by atoms with Crippen LogP contribution in [0, 0.1) is 0 Å². The first-order valence-electron chi connectivity index (χ1n) is 5.72. The SMILES string of the molecule is COCCCNc1cccc(OC(C)C)c1. The molecule has 3 heteroatoms. The minimum absolute atomic E-state index is 0.212. The second-order valence-electron chi connectivity index (χ2n) is 3.97. The topological polar surface area (TPSA) is 30.5 Å². The fourth-order valence-corrected chi connectivity index (χ4v) is 1.40. The number of hydrogen-bond acceptors (Lipinski definition) is 3. The Morgan fingerprint density at radius 3 is 2.81 bits per heavy atom. The molecule has 0 saturated heterocycles. The van der Waals surface area contributed by atoms with Crippen LogP contribution in [0.4, 0.5) is 5.69 Å². The van der Waals surface area contributed by atoms with Crippen LogP contribution in [-0.2, 0) is 4.74 Å². The number of benzene rings is 1. The van der Waals surface area contributed by atoms with E-state index in [4.69, 9.17) is 9.47 Å². The Balaban J connectivity index is 2.41. The summed E-state index contributed by atoms with van der Waals surface area (Å²) in [5.41, 5.74) is 1.09. The maximum Gasteiger partial charge on any atom is 0.121 e. The molecule has 3 nitrogen and oxygen atoms in total. The van der Waals surface area contributed by atoms with Gasteiger partial charge in [0.1, 0.15) is 5.75 Å². The summed E-state index contributed by atoms with van der Waals surface area (Å²) in [7, 11) is 1.72. The van der Waals surface area contributed by atoms with E-state index in [-0.39, 0.29) is 6.10 Å². The molecule has 0 aromatic heterocycles. The van der Waals surface area contributed by atoms with Gasteiger partial charge in [-0.1, -0.05) is 6.07 Å². The molecule has 0 aliphatic carbocycles. The molecule has 0 heterocycles. The van der Waals surface area contributed by atoms with Gasteiger partial charge in [-0.2, -0.15) is 0 Å². The van der Waals surface area contributed by atoms with Crippen molar-refractivity contribution in [1.82, 2.24) is 0 Å². The van der Waals surface area contributed by atoms with Gasteiger partial charge in [-0.3, -0.25) is 0 Å². The molecule has 0 unspecified atom stereocenters. The third-order valence-corrected chi connectivity index (χ3v) is 2.06. The summed E-state index contributed by atoms with van der Waals surface area (Å²) in [6.07, 6.45) is 1.22. The van der Waals surface area contributed by atoms with E-state index in [0.717, 1.165) is 31.0 Å². The summed E-state index contributed by atoms with van der Waals surface area (Å²) >= 11 is 0. The highest BCUT2D eigenvalue weighted by Crippen LogP contribution is 2.18. The molecule has 0 radical (unpaired) electrons. The van der Waals surface area contributed by atoms with E-state index >= 15 is 0 Å². The Bertz CT molecular complexity index is 300. The van der Waals surface area contributed by atoms with Gasteiger partial charge in [0, 0.05) is 32.0 Å². The number of hydrogen-bond donors (Lipinski definition) is 1. The van der Waals surface area contributed by atoms with E-state index in [2.05, 4.69) is 5.32 Å². The average Bonchev–Trinajstić information content (AvgIpc) is 2.24. The highest BCUT2D eigenvalue weighted by atomic mass is 16.5. The molecule has 1 N–H and O–H groups in total. The Labute approximate surface area is 97.8 Å². The van der Waals surface area contributed by atoms with Crippen LogP contribution in [0.5, 0.6) is 5.75 Å². The van der Waals surface area contributed by atoms with Crippen LogP contribution in [-0.4, -0.2) is 26.4 Å². The van der Waals surface area contributed by atoms with Gasteiger partial charge in [0.15, 0.2) is 0 Å². The van der Waals surface area contributed by atoms with E-state index < -0.39 is 0 Å². The fourth-order valence-electron chi connectivity index (χ4n) is 1.40. The molecule has 1 aromatic rings. The molecule has 1 rings (SSSR count). The van der Waals surface area contributed by atoms with Gasteiger partial charge in [-0.15, -0.1) is 0 Å². The summed E-state index contributed by atoms with van der Waals surface area (Å²) in [5.74, 6) is 0.909. The predicted octanol–water partition coefficient (Wildman–Crippen LogP) is 2.92. The molecule has 1 aromatic carbocycles. The van der Waals surface area contributed by atoms with Crippen LogP contribution in [0.1, 0.15) is 20.3 Å². The van der Waals surface area contributed by atoms with Crippen LogP contribution in [0.3, 0.4) is 0 Å². The van der Waals surface area contributed by atoms with Crippen molar-refractivity contribution in [2.45, 2.75) is 26.4 Å². The van der Waals surface area contributed by atoms with Crippen molar-refractivity contribution in [3.05, 3.63) is 24.3 Å². The first-order chi connectivity index (χ1) is 7.72. The van der Waals surface area contributed by atoms with E-state index in [1.807, 2.05) is 38.1 Å². The molecule has 0 aliphatic rings. The Hall–Kier alpha value is -1.22. The van der Waals surface area contributed by atoms with Crippen molar-refractivity contribution in [1.29, 1.82) is 0 Å². The van der Waals surface area contributed by atoms with Gasteiger partial charge >= 0.3 is 0 Å². The van der Waals surface area contributed by atoms with Crippen LogP contribution in [0.15, 0.2) is 24.3 Å². The highest BCUT2D eigenvalue weighted by Gasteiger charge is 1.98. The van der Waals surface area contributed by atoms with E-state index in [9.17, 15) is 0 Å². The van der Waals surface area contributed by atoms with Gasteiger partial charge in [0.2, 0.25) is 0 Å². The van der Waals surface area contributed by atoms with E-state index in [1.165, 1.54) is 0 Å². The first-order valence-corrected chi connectivity index (χ1v) is 5.72. The summed E-state index contributed by atoms with van der Waals surface area (Å²) in [6.45, 7) is 5.76. The molecule has 0 aliphatic heterocycles. The maximum atomic E-state index is 5.62. The number of ether oxygens (including phenoxy) is 2. The lowest BCUT2D eigenvalue weighted by Crippen LogP contribution is -2.07. The minimum atomic E-state index is 0.212. The van der Waals surface area contributed by atoms with Gasteiger partial charge in [-0.25, -0.2) is 0 Å². The molecule has 90 valence electrons. The van der Waals surface area contributed by atoms with Crippen molar-refractivity contribution in [2.75, 3.05) is 25.6 Å². The van der Waals surface area contributed by atoms with Gasteiger partial charge in [0.05, 0.1) is 6.10 Å². The van der Waals surface area contributed by atoms with Crippen molar-refractivity contribution >= 4 is 5.69 Å². The lowest BCUT2D eigenvalue weighted by atomic mass is 10.3. The summed E-state index contributed by atoms with van der Waals surface area (Å²) < 4.78 is 10.6. The number of nitrogens with one attached hydrogen (secondary N) is 1. The highest BCUT2D eigenvalue weighted by molar-refractivity contribution is 5.48. The molecule has 0 amide bonds. The largest absolute Gasteiger partial charge is 0.491 e. The predicted molar refractivity (Wildman–Crippen MR) is 67.2 cm³/mol. The Morgan fingerprint density at radius 1 is 1.31 bits per heavy atom. The van der Waals surface area contributed by atoms with Crippen molar-refractivity contribution in [2.24, 2.45) is 0 Å². The van der Waals surface area contributed by atoms with E-state index in [1.54, 1.807) is 7.11 Å². The number of methoxy groups -OCH3 is 1. The standard InChI is InChI=1S/C13H21NO2/c1-11(2)16-13-7-4-6-12(10-13)14-8-5-9-15-3/h4,6-7,10-11,14H,5,8-9H2,1-3H3. The van der Waals surface area contributed by atoms with Gasteiger partial charge in [0.25, 0.3) is 0 Å². The van der Waals surface area contributed by atoms with Crippen molar-refractivity contribution in [3.63, 3.8) is 0 Å². The van der Waals surface area contributed by atoms with Crippen molar-refractivity contribution in [3.8, 4) is 5.75 Å².